The molecule has 1 nitrogen and oxygen atoms in total. The highest BCUT2D eigenvalue weighted by Gasteiger charge is 2.31. The highest BCUT2D eigenvalue weighted by atomic mass is 79.9. The molecule has 0 aliphatic rings. The molecule has 0 amide bonds. The summed E-state index contributed by atoms with van der Waals surface area (Å²) in [6.07, 6.45) is -12.3. The molecule has 178 valence electrons. The summed E-state index contributed by atoms with van der Waals surface area (Å²) in [6.45, 7) is 0. The fourth-order valence-electron chi connectivity index (χ4n) is 2.02. The lowest BCUT2D eigenvalue weighted by molar-refractivity contribution is -0.138. The summed E-state index contributed by atoms with van der Waals surface area (Å²) in [5.74, 6) is 0. The molecule has 0 unspecified atom stereocenters. The maximum atomic E-state index is 11.9. The lowest BCUT2D eigenvalue weighted by Crippen LogP contribution is -2.04. The van der Waals surface area contributed by atoms with E-state index in [2.05, 4.69) is 15.9 Å². The van der Waals surface area contributed by atoms with Gasteiger partial charge in [0, 0.05) is 10.0 Å². The fourth-order valence-corrected chi connectivity index (χ4v) is 2.28. The molecule has 0 bridgehead atoms. The standard InChI is InChI=1S/C8H5F3O.C7H4BrF3.C7H5F3/c9-8(10,11)7-3-1-6(5-12)2-4-7;8-6-3-1-5(2-4-6)7(9,10)11;8-7(9,10)6-4-2-1-3-5-6/h1-5H;1-4H;1-5H. The zero-order valence-electron chi connectivity index (χ0n) is 16.3. The Hall–Kier alpha value is -2.82. The van der Waals surface area contributed by atoms with Crippen LogP contribution in [0.1, 0.15) is 27.0 Å². The van der Waals surface area contributed by atoms with E-state index in [-0.39, 0.29) is 5.56 Å². The minimum atomic E-state index is -4.33. The summed E-state index contributed by atoms with van der Waals surface area (Å²) in [5, 5.41) is 0. The van der Waals surface area contributed by atoms with Crippen molar-refractivity contribution >= 4 is 22.2 Å². The molecule has 3 aromatic rings. The van der Waals surface area contributed by atoms with E-state index >= 15 is 0 Å². The predicted molar refractivity (Wildman–Crippen MR) is 107 cm³/mol. The van der Waals surface area contributed by atoms with E-state index in [1.807, 2.05) is 0 Å². The first-order valence-electron chi connectivity index (χ1n) is 8.72. The molecule has 0 radical (unpaired) electrons. The second-order valence-corrected chi connectivity index (χ2v) is 7.02. The molecule has 0 aliphatic carbocycles. The van der Waals surface area contributed by atoms with Crippen LogP contribution in [0.25, 0.3) is 0 Å². The van der Waals surface area contributed by atoms with Crippen LogP contribution in [0.2, 0.25) is 0 Å². The van der Waals surface area contributed by atoms with E-state index in [1.165, 1.54) is 24.3 Å². The topological polar surface area (TPSA) is 17.1 Å². The van der Waals surface area contributed by atoms with Crippen LogP contribution >= 0.6 is 15.9 Å². The van der Waals surface area contributed by atoms with Crippen LogP contribution in [0.3, 0.4) is 0 Å². The molecular formula is C22H14BrF9O. The molecule has 3 aromatic carbocycles. The second-order valence-electron chi connectivity index (χ2n) is 6.11. The van der Waals surface area contributed by atoms with Crippen molar-refractivity contribution in [3.05, 3.63) is 106 Å². The molecule has 0 aliphatic heterocycles. The first kappa shape index (κ1) is 28.2. The highest BCUT2D eigenvalue weighted by molar-refractivity contribution is 9.10. The SMILES string of the molecule is FC(F)(F)c1ccc(Br)cc1.FC(F)(F)c1ccccc1.O=Cc1ccc(C(F)(F)F)cc1. The second kappa shape index (κ2) is 11.9. The van der Waals surface area contributed by atoms with Gasteiger partial charge in [-0.05, 0) is 36.4 Å². The van der Waals surface area contributed by atoms with E-state index < -0.39 is 35.2 Å². The minimum Gasteiger partial charge on any atom is -0.298 e. The Morgan fingerprint density at radius 2 is 0.848 bits per heavy atom. The summed E-state index contributed by atoms with van der Waals surface area (Å²) in [4.78, 5) is 10.1. The van der Waals surface area contributed by atoms with Crippen molar-refractivity contribution in [3.8, 4) is 0 Å². The molecular weight excluding hydrogens is 531 g/mol. The number of benzene rings is 3. The number of carbonyl (C=O) groups excluding carboxylic acids is 1. The first-order chi connectivity index (χ1) is 15.1. The molecule has 0 saturated carbocycles. The van der Waals surface area contributed by atoms with Gasteiger partial charge in [-0.15, -0.1) is 0 Å². The van der Waals surface area contributed by atoms with E-state index in [0.717, 1.165) is 48.5 Å². The van der Waals surface area contributed by atoms with Crippen molar-refractivity contribution < 1.29 is 44.3 Å². The molecule has 0 atom stereocenters. The van der Waals surface area contributed by atoms with Gasteiger partial charge in [0.05, 0.1) is 16.7 Å². The zero-order chi connectivity index (χ0) is 25.3. The summed E-state index contributed by atoms with van der Waals surface area (Å²) in [6, 6.07) is 15.2. The number of hydrogen-bond donors (Lipinski definition) is 0. The summed E-state index contributed by atoms with van der Waals surface area (Å²) in [7, 11) is 0. The lowest BCUT2D eigenvalue weighted by atomic mass is 10.1. The summed E-state index contributed by atoms with van der Waals surface area (Å²) in [5.41, 5.74) is -1.73. The predicted octanol–water partition coefficient (Wildman–Crippen LogP) is 8.69. The van der Waals surface area contributed by atoms with Crippen LogP contribution in [0.5, 0.6) is 0 Å². The Morgan fingerprint density at radius 3 is 1.15 bits per heavy atom. The normalized spacial score (nSPS) is 11.5. The molecule has 33 heavy (non-hydrogen) atoms. The van der Waals surface area contributed by atoms with Crippen molar-refractivity contribution in [2.45, 2.75) is 18.5 Å². The van der Waals surface area contributed by atoms with Gasteiger partial charge in [-0.1, -0.05) is 58.4 Å². The molecule has 0 aromatic heterocycles. The van der Waals surface area contributed by atoms with Crippen LogP contribution in [0.4, 0.5) is 39.5 Å². The van der Waals surface area contributed by atoms with Gasteiger partial charge in [0.25, 0.3) is 0 Å². The lowest BCUT2D eigenvalue weighted by Gasteiger charge is -2.04. The molecule has 3 rings (SSSR count). The molecule has 11 heteroatoms. The third kappa shape index (κ3) is 10.6. The van der Waals surface area contributed by atoms with Gasteiger partial charge in [0.1, 0.15) is 6.29 Å². The Morgan fingerprint density at radius 1 is 0.515 bits per heavy atom. The number of alkyl halides is 9. The summed E-state index contributed by atoms with van der Waals surface area (Å²) < 4.78 is 108. The van der Waals surface area contributed by atoms with Crippen LogP contribution < -0.4 is 0 Å². The Kier molecular flexibility index (Phi) is 10.1. The van der Waals surface area contributed by atoms with Crippen LogP contribution in [-0.2, 0) is 18.5 Å². The average molecular weight is 545 g/mol. The average Bonchev–Trinajstić information content (AvgIpc) is 2.74. The minimum absolute atomic E-state index is 0.239. The van der Waals surface area contributed by atoms with Gasteiger partial charge >= 0.3 is 18.5 Å². The maximum Gasteiger partial charge on any atom is 0.416 e. The highest BCUT2D eigenvalue weighted by Crippen LogP contribution is 2.30. The number of rotatable bonds is 1. The van der Waals surface area contributed by atoms with Crippen LogP contribution in [0.15, 0.2) is 83.3 Å². The quantitative estimate of drug-likeness (QED) is 0.221. The van der Waals surface area contributed by atoms with Gasteiger partial charge in [0.2, 0.25) is 0 Å². The number of aldehydes is 1. The van der Waals surface area contributed by atoms with Crippen molar-refractivity contribution in [3.63, 3.8) is 0 Å². The maximum absolute atomic E-state index is 11.9. The fraction of sp³-hybridized carbons (Fsp3) is 0.136. The van der Waals surface area contributed by atoms with Crippen molar-refractivity contribution in [2.75, 3.05) is 0 Å². The van der Waals surface area contributed by atoms with Gasteiger partial charge in [0.15, 0.2) is 0 Å². The third-order valence-corrected chi connectivity index (χ3v) is 4.18. The molecule has 0 saturated heterocycles. The largest absolute Gasteiger partial charge is 0.416 e. The molecule has 0 fully saturated rings. The summed E-state index contributed by atoms with van der Waals surface area (Å²) >= 11 is 3.04. The van der Waals surface area contributed by atoms with Crippen molar-refractivity contribution in [1.82, 2.24) is 0 Å². The zero-order valence-corrected chi connectivity index (χ0v) is 17.9. The van der Waals surface area contributed by atoms with E-state index in [4.69, 9.17) is 0 Å². The number of carbonyl (C=O) groups is 1. The van der Waals surface area contributed by atoms with Gasteiger partial charge in [-0.25, -0.2) is 0 Å². The molecule has 0 spiro atoms. The van der Waals surface area contributed by atoms with Crippen LogP contribution in [0, 0.1) is 0 Å². The first-order valence-corrected chi connectivity index (χ1v) is 9.51. The van der Waals surface area contributed by atoms with Crippen LogP contribution in [-0.4, -0.2) is 6.29 Å². The monoisotopic (exact) mass is 544 g/mol. The van der Waals surface area contributed by atoms with E-state index in [0.29, 0.717) is 10.8 Å². The number of hydrogen-bond acceptors (Lipinski definition) is 1. The van der Waals surface area contributed by atoms with Gasteiger partial charge < -0.3 is 0 Å². The third-order valence-electron chi connectivity index (χ3n) is 3.65. The Labute approximate surface area is 191 Å². The smallest absolute Gasteiger partial charge is 0.298 e. The molecule has 0 N–H and O–H groups in total. The van der Waals surface area contributed by atoms with E-state index in [9.17, 15) is 44.3 Å². The van der Waals surface area contributed by atoms with Gasteiger partial charge in [-0.2, -0.15) is 39.5 Å². The Bertz CT molecular complexity index is 976. The molecule has 0 heterocycles. The number of halogens is 10. The Balaban J connectivity index is 0.000000249. The van der Waals surface area contributed by atoms with Crippen molar-refractivity contribution in [1.29, 1.82) is 0 Å². The van der Waals surface area contributed by atoms with Crippen molar-refractivity contribution in [2.24, 2.45) is 0 Å². The van der Waals surface area contributed by atoms with Gasteiger partial charge in [-0.3, -0.25) is 4.79 Å². The van der Waals surface area contributed by atoms with E-state index in [1.54, 1.807) is 6.07 Å².